The van der Waals surface area contributed by atoms with Crippen LogP contribution in [0.2, 0.25) is 0 Å². The maximum atomic E-state index is 12.7. The number of hydrogen-bond donors (Lipinski definition) is 1. The van der Waals surface area contributed by atoms with E-state index in [1.807, 2.05) is 31.2 Å². The fourth-order valence-electron chi connectivity index (χ4n) is 2.86. The minimum absolute atomic E-state index is 0.0628. The molecule has 5 nitrogen and oxygen atoms in total. The molecule has 1 saturated heterocycles. The first-order valence-electron chi connectivity index (χ1n) is 6.64. The first-order valence-corrected chi connectivity index (χ1v) is 8.19. The van der Waals surface area contributed by atoms with Crippen molar-refractivity contribution < 1.29 is 17.1 Å². The smallest absolute Gasteiger partial charge is 0.302 e. The number of aromatic nitrogens is 1. The van der Waals surface area contributed by atoms with Gasteiger partial charge in [0.1, 0.15) is 0 Å². The van der Waals surface area contributed by atoms with Crippen LogP contribution < -0.4 is 4.90 Å². The summed E-state index contributed by atoms with van der Waals surface area (Å²) >= 11 is 0. The highest BCUT2D eigenvalue weighted by Gasteiger charge is 2.33. The van der Waals surface area contributed by atoms with Crippen LogP contribution >= 0.6 is 0 Å². The van der Waals surface area contributed by atoms with Crippen molar-refractivity contribution in [2.75, 3.05) is 17.2 Å². The average molecular weight is 310 g/mol. The fraction of sp³-hybridized carbons (Fsp3) is 0.357. The van der Waals surface area contributed by atoms with Gasteiger partial charge in [0.05, 0.1) is 5.75 Å². The molecule has 3 rings (SSSR count). The third kappa shape index (κ3) is 2.92. The number of amides is 1. The van der Waals surface area contributed by atoms with Gasteiger partial charge >= 0.3 is 10.2 Å². The van der Waals surface area contributed by atoms with Crippen LogP contribution in [0.5, 0.6) is 0 Å². The summed E-state index contributed by atoms with van der Waals surface area (Å²) in [7, 11) is -4.55. The highest BCUT2D eigenvalue weighted by Crippen LogP contribution is 2.29. The average Bonchev–Trinajstić information content (AvgIpc) is 2.88. The molecular weight excluding hydrogens is 295 g/mol. The molecule has 2 heterocycles. The third-order valence-electron chi connectivity index (χ3n) is 3.69. The Balaban J connectivity index is 1.86. The van der Waals surface area contributed by atoms with Gasteiger partial charge in [-0.2, -0.15) is 8.42 Å². The van der Waals surface area contributed by atoms with Crippen LogP contribution in [0, 0.1) is 12.8 Å². The molecule has 0 saturated carbocycles. The van der Waals surface area contributed by atoms with Crippen molar-refractivity contribution >= 4 is 32.7 Å². The number of anilines is 1. The molecule has 1 N–H and O–H groups in total. The summed E-state index contributed by atoms with van der Waals surface area (Å²) in [4.78, 5) is 16.7. The standard InChI is InChI=1S/C14H15FN2O3S/c1-9-4-11-6-12(2-3-13(11)16-9)17-7-10(5-14(17)18)8-21(15,19)20/h2-4,6,10,16H,5,7-8H2,1H3. The normalized spacial score (nSPS) is 19.6. The van der Waals surface area contributed by atoms with Gasteiger partial charge in [-0.3, -0.25) is 4.79 Å². The van der Waals surface area contributed by atoms with Crippen LogP contribution in [0.25, 0.3) is 10.9 Å². The van der Waals surface area contributed by atoms with E-state index in [4.69, 9.17) is 0 Å². The Bertz CT molecular complexity index is 813. The molecule has 2 aromatic rings. The van der Waals surface area contributed by atoms with Crippen molar-refractivity contribution in [3.8, 4) is 0 Å². The molecule has 1 aliphatic heterocycles. The summed E-state index contributed by atoms with van der Waals surface area (Å²) in [6.45, 7) is 2.18. The van der Waals surface area contributed by atoms with Gasteiger partial charge in [-0.15, -0.1) is 3.89 Å². The zero-order valence-electron chi connectivity index (χ0n) is 11.5. The Labute approximate surface area is 122 Å². The van der Waals surface area contributed by atoms with E-state index in [9.17, 15) is 17.1 Å². The van der Waals surface area contributed by atoms with Gasteiger partial charge in [0, 0.05) is 41.2 Å². The highest BCUT2D eigenvalue weighted by molar-refractivity contribution is 7.86. The van der Waals surface area contributed by atoms with E-state index in [1.165, 1.54) is 4.90 Å². The quantitative estimate of drug-likeness (QED) is 0.883. The summed E-state index contributed by atoms with van der Waals surface area (Å²) in [5.41, 5.74) is 2.72. The van der Waals surface area contributed by atoms with Crippen molar-refractivity contribution in [3.05, 3.63) is 30.0 Å². The van der Waals surface area contributed by atoms with Crippen molar-refractivity contribution in [1.82, 2.24) is 4.98 Å². The number of halogens is 1. The second-order valence-corrected chi connectivity index (χ2v) is 6.91. The van der Waals surface area contributed by atoms with Crippen LogP contribution in [0.4, 0.5) is 9.57 Å². The number of rotatable bonds is 3. The molecule has 1 amide bonds. The van der Waals surface area contributed by atoms with Gasteiger partial charge in [-0.05, 0) is 31.2 Å². The van der Waals surface area contributed by atoms with E-state index in [1.54, 1.807) is 0 Å². The number of nitrogens with zero attached hydrogens (tertiary/aromatic N) is 1. The van der Waals surface area contributed by atoms with Crippen LogP contribution in [0.3, 0.4) is 0 Å². The largest absolute Gasteiger partial charge is 0.359 e. The van der Waals surface area contributed by atoms with Crippen LogP contribution in [-0.4, -0.2) is 31.6 Å². The predicted octanol–water partition coefficient (Wildman–Crippen LogP) is 2.13. The summed E-state index contributed by atoms with van der Waals surface area (Å²) < 4.78 is 34.2. The van der Waals surface area contributed by atoms with Crippen molar-refractivity contribution in [2.24, 2.45) is 5.92 Å². The van der Waals surface area contributed by atoms with Gasteiger partial charge in [0.25, 0.3) is 0 Å². The van der Waals surface area contributed by atoms with E-state index < -0.39 is 21.9 Å². The van der Waals surface area contributed by atoms with E-state index >= 15 is 0 Å². The molecule has 1 unspecified atom stereocenters. The topological polar surface area (TPSA) is 70.2 Å². The first kappa shape index (κ1) is 14.1. The van der Waals surface area contributed by atoms with Crippen molar-refractivity contribution in [2.45, 2.75) is 13.3 Å². The second-order valence-electron chi connectivity index (χ2n) is 5.50. The Kier molecular flexibility index (Phi) is 3.24. The zero-order valence-corrected chi connectivity index (χ0v) is 12.3. The molecule has 0 bridgehead atoms. The number of aryl methyl sites for hydroxylation is 1. The molecule has 0 spiro atoms. The lowest BCUT2D eigenvalue weighted by atomic mass is 10.1. The third-order valence-corrected chi connectivity index (χ3v) is 4.56. The second kappa shape index (κ2) is 4.84. The minimum atomic E-state index is -4.55. The van der Waals surface area contributed by atoms with E-state index in [0.717, 1.165) is 16.6 Å². The van der Waals surface area contributed by atoms with E-state index in [2.05, 4.69) is 4.98 Å². The van der Waals surface area contributed by atoms with Gasteiger partial charge in [-0.1, -0.05) is 0 Å². The molecule has 21 heavy (non-hydrogen) atoms. The van der Waals surface area contributed by atoms with Crippen LogP contribution in [0.1, 0.15) is 12.1 Å². The summed E-state index contributed by atoms with van der Waals surface area (Å²) in [5, 5.41) is 0.986. The molecule has 1 aromatic heterocycles. The van der Waals surface area contributed by atoms with Crippen molar-refractivity contribution in [3.63, 3.8) is 0 Å². The predicted molar refractivity (Wildman–Crippen MR) is 78.4 cm³/mol. The Hall–Kier alpha value is -1.89. The lowest BCUT2D eigenvalue weighted by Gasteiger charge is -2.16. The lowest BCUT2D eigenvalue weighted by molar-refractivity contribution is -0.117. The maximum absolute atomic E-state index is 12.7. The Morgan fingerprint density at radius 1 is 1.38 bits per heavy atom. The highest BCUT2D eigenvalue weighted by atomic mass is 32.3. The maximum Gasteiger partial charge on any atom is 0.302 e. The molecule has 1 aliphatic rings. The van der Waals surface area contributed by atoms with Gasteiger partial charge in [0.2, 0.25) is 5.91 Å². The molecule has 1 fully saturated rings. The fourth-order valence-corrected chi connectivity index (χ4v) is 3.64. The van der Waals surface area contributed by atoms with Gasteiger partial charge < -0.3 is 9.88 Å². The summed E-state index contributed by atoms with van der Waals surface area (Å²) in [6, 6.07) is 7.54. The Morgan fingerprint density at radius 3 is 2.86 bits per heavy atom. The van der Waals surface area contributed by atoms with Gasteiger partial charge in [-0.25, -0.2) is 0 Å². The van der Waals surface area contributed by atoms with Gasteiger partial charge in [0.15, 0.2) is 0 Å². The monoisotopic (exact) mass is 310 g/mol. The molecule has 0 aliphatic carbocycles. The number of aromatic amines is 1. The Morgan fingerprint density at radius 2 is 2.14 bits per heavy atom. The number of benzene rings is 1. The number of nitrogens with one attached hydrogen (secondary N) is 1. The number of hydrogen-bond acceptors (Lipinski definition) is 3. The number of carbonyl (C=O) groups is 1. The molecule has 112 valence electrons. The summed E-state index contributed by atoms with van der Waals surface area (Å²) in [5.74, 6) is -1.26. The molecule has 1 aromatic carbocycles. The lowest BCUT2D eigenvalue weighted by Crippen LogP contribution is -2.25. The SMILES string of the molecule is Cc1cc2cc(N3CC(CS(=O)(=O)F)CC3=O)ccc2[nH]1. The van der Waals surface area contributed by atoms with E-state index in [0.29, 0.717) is 5.69 Å². The van der Waals surface area contributed by atoms with Crippen LogP contribution in [0.15, 0.2) is 24.3 Å². The molecule has 1 atom stereocenters. The number of fused-ring (bicyclic) bond motifs is 1. The van der Waals surface area contributed by atoms with Crippen LogP contribution in [-0.2, 0) is 15.0 Å². The first-order chi connectivity index (χ1) is 9.82. The van der Waals surface area contributed by atoms with Crippen molar-refractivity contribution in [1.29, 1.82) is 0 Å². The minimum Gasteiger partial charge on any atom is -0.359 e. The molecule has 0 radical (unpaired) electrons. The number of carbonyl (C=O) groups excluding carboxylic acids is 1. The molecule has 7 heteroatoms. The van der Waals surface area contributed by atoms with E-state index in [-0.39, 0.29) is 18.9 Å². The zero-order chi connectivity index (χ0) is 15.2. The summed E-state index contributed by atoms with van der Waals surface area (Å²) in [6.07, 6.45) is 0.0628. The molecular formula is C14H15FN2O3S. The number of H-pyrrole nitrogens is 1.